The molecule has 1 unspecified atom stereocenters. The molecule has 0 fully saturated rings. The monoisotopic (exact) mass is 265 g/mol. The van der Waals surface area contributed by atoms with Crippen LogP contribution in [0, 0.1) is 0 Å². The molecule has 0 rings (SSSR count). The first-order valence-electron chi connectivity index (χ1n) is 4.32. The molecule has 2 N–H and O–H groups in total. The molecule has 1 atom stereocenters. The van der Waals surface area contributed by atoms with Crippen LogP contribution >= 0.6 is 15.9 Å². The average Bonchev–Trinajstić information content (AvgIpc) is 2.11. The van der Waals surface area contributed by atoms with Crippen molar-refractivity contribution in [3.63, 3.8) is 0 Å². The fourth-order valence-electron chi connectivity index (χ4n) is 0.654. The number of amides is 3. The van der Waals surface area contributed by atoms with Crippen molar-refractivity contribution in [3.8, 4) is 0 Å². The van der Waals surface area contributed by atoms with Crippen molar-refractivity contribution in [3.05, 3.63) is 0 Å². The Labute approximate surface area is 92.3 Å². The molecule has 0 saturated carbocycles. The fraction of sp³-hybridized carbons (Fsp3) is 0.750. The van der Waals surface area contributed by atoms with Crippen LogP contribution < -0.4 is 10.6 Å². The standard InChI is InChI=1S/C8H16BrN3O2/c1-6(9)7(13)10-4-5-11-8(14)12(2)3/h6H,4-5H2,1-3H3,(H,10,13)(H,11,14). The van der Waals surface area contributed by atoms with Crippen LogP contribution in [0.15, 0.2) is 0 Å². The molecule has 0 aliphatic heterocycles. The molecule has 0 heterocycles. The van der Waals surface area contributed by atoms with Crippen molar-refractivity contribution >= 4 is 27.9 Å². The number of nitrogens with one attached hydrogen (secondary N) is 2. The van der Waals surface area contributed by atoms with E-state index in [2.05, 4.69) is 26.6 Å². The van der Waals surface area contributed by atoms with Gasteiger partial charge in [-0.3, -0.25) is 4.79 Å². The van der Waals surface area contributed by atoms with Crippen molar-refractivity contribution < 1.29 is 9.59 Å². The summed E-state index contributed by atoms with van der Waals surface area (Å²) < 4.78 is 0. The summed E-state index contributed by atoms with van der Waals surface area (Å²) in [6.45, 7) is 2.62. The highest BCUT2D eigenvalue weighted by molar-refractivity contribution is 9.10. The topological polar surface area (TPSA) is 61.4 Å². The molecule has 0 aromatic heterocycles. The van der Waals surface area contributed by atoms with Gasteiger partial charge in [0.2, 0.25) is 5.91 Å². The molecule has 0 bridgehead atoms. The Morgan fingerprint density at radius 1 is 1.29 bits per heavy atom. The molecule has 14 heavy (non-hydrogen) atoms. The van der Waals surface area contributed by atoms with Crippen molar-refractivity contribution in [2.24, 2.45) is 0 Å². The summed E-state index contributed by atoms with van der Waals surface area (Å²) >= 11 is 3.14. The largest absolute Gasteiger partial charge is 0.353 e. The van der Waals surface area contributed by atoms with Crippen molar-refractivity contribution in [2.45, 2.75) is 11.8 Å². The van der Waals surface area contributed by atoms with E-state index in [-0.39, 0.29) is 16.8 Å². The van der Waals surface area contributed by atoms with Gasteiger partial charge in [-0.05, 0) is 6.92 Å². The lowest BCUT2D eigenvalue weighted by molar-refractivity contribution is -0.120. The maximum absolute atomic E-state index is 11.0. The van der Waals surface area contributed by atoms with E-state index in [1.807, 2.05) is 0 Å². The van der Waals surface area contributed by atoms with E-state index in [9.17, 15) is 9.59 Å². The van der Waals surface area contributed by atoms with Gasteiger partial charge in [0.1, 0.15) is 0 Å². The van der Waals surface area contributed by atoms with Gasteiger partial charge in [-0.25, -0.2) is 4.79 Å². The Bertz CT molecular complexity index is 185. The van der Waals surface area contributed by atoms with E-state index in [0.29, 0.717) is 13.1 Å². The molecule has 0 aromatic rings. The van der Waals surface area contributed by atoms with Crippen LogP contribution in [0.25, 0.3) is 0 Å². The summed E-state index contributed by atoms with van der Waals surface area (Å²) in [7, 11) is 3.32. The first kappa shape index (κ1) is 13.2. The lowest BCUT2D eigenvalue weighted by Crippen LogP contribution is -2.40. The van der Waals surface area contributed by atoms with E-state index in [1.54, 1.807) is 21.0 Å². The first-order chi connectivity index (χ1) is 6.45. The van der Waals surface area contributed by atoms with Gasteiger partial charge in [-0.2, -0.15) is 0 Å². The second kappa shape index (κ2) is 6.64. The smallest absolute Gasteiger partial charge is 0.316 e. The zero-order valence-corrected chi connectivity index (χ0v) is 10.2. The quantitative estimate of drug-likeness (QED) is 0.562. The molecule has 0 aliphatic rings. The summed E-state index contributed by atoms with van der Waals surface area (Å²) in [6.07, 6.45) is 0. The maximum Gasteiger partial charge on any atom is 0.316 e. The molecular formula is C8H16BrN3O2. The van der Waals surface area contributed by atoms with Gasteiger partial charge in [0.15, 0.2) is 0 Å². The predicted molar refractivity (Wildman–Crippen MR) is 58.5 cm³/mol. The number of nitrogens with zero attached hydrogens (tertiary/aromatic N) is 1. The third-order valence-electron chi connectivity index (χ3n) is 1.47. The van der Waals surface area contributed by atoms with Gasteiger partial charge in [0, 0.05) is 27.2 Å². The first-order valence-corrected chi connectivity index (χ1v) is 5.23. The molecular weight excluding hydrogens is 250 g/mol. The van der Waals surface area contributed by atoms with Gasteiger partial charge >= 0.3 is 6.03 Å². The number of carbonyl (C=O) groups excluding carboxylic acids is 2. The van der Waals surface area contributed by atoms with E-state index >= 15 is 0 Å². The lowest BCUT2D eigenvalue weighted by atomic mass is 10.4. The van der Waals surface area contributed by atoms with E-state index < -0.39 is 0 Å². The number of halogens is 1. The molecule has 82 valence electrons. The number of alkyl halides is 1. The molecule has 0 aromatic carbocycles. The number of carbonyl (C=O) groups is 2. The Morgan fingerprint density at radius 3 is 2.21 bits per heavy atom. The summed E-state index contributed by atoms with van der Waals surface area (Å²) in [6, 6.07) is -0.161. The van der Waals surface area contributed by atoms with Crippen LogP contribution in [0.1, 0.15) is 6.92 Å². The van der Waals surface area contributed by atoms with Gasteiger partial charge in [0.25, 0.3) is 0 Å². The predicted octanol–water partition coefficient (Wildman–Crippen LogP) is 0.157. The molecule has 3 amide bonds. The second-order valence-corrected chi connectivity index (χ2v) is 4.41. The normalized spacial score (nSPS) is 11.7. The molecule has 0 aliphatic carbocycles. The van der Waals surface area contributed by atoms with Crippen molar-refractivity contribution in [1.82, 2.24) is 15.5 Å². The van der Waals surface area contributed by atoms with Gasteiger partial charge in [-0.15, -0.1) is 0 Å². The molecule has 0 radical (unpaired) electrons. The van der Waals surface area contributed by atoms with Crippen molar-refractivity contribution in [1.29, 1.82) is 0 Å². The molecule has 6 heteroatoms. The summed E-state index contributed by atoms with van der Waals surface area (Å²) in [5.74, 6) is -0.0795. The molecule has 5 nitrogen and oxygen atoms in total. The Balaban J connectivity index is 3.48. The lowest BCUT2D eigenvalue weighted by Gasteiger charge is -2.12. The van der Waals surface area contributed by atoms with E-state index in [1.165, 1.54) is 4.90 Å². The Morgan fingerprint density at radius 2 is 1.79 bits per heavy atom. The van der Waals surface area contributed by atoms with Crippen LogP contribution in [-0.4, -0.2) is 48.9 Å². The van der Waals surface area contributed by atoms with Gasteiger partial charge in [-0.1, -0.05) is 15.9 Å². The van der Waals surface area contributed by atoms with Gasteiger partial charge < -0.3 is 15.5 Å². The summed E-state index contributed by atoms with van der Waals surface area (Å²) in [5, 5.41) is 5.29. The highest BCUT2D eigenvalue weighted by Gasteiger charge is 2.07. The second-order valence-electron chi connectivity index (χ2n) is 3.03. The third kappa shape index (κ3) is 5.80. The third-order valence-corrected chi connectivity index (χ3v) is 1.88. The minimum absolute atomic E-state index is 0.0795. The number of hydrogen-bond acceptors (Lipinski definition) is 2. The highest BCUT2D eigenvalue weighted by atomic mass is 79.9. The van der Waals surface area contributed by atoms with Gasteiger partial charge in [0.05, 0.1) is 4.83 Å². The minimum atomic E-state index is -0.202. The van der Waals surface area contributed by atoms with E-state index in [0.717, 1.165) is 0 Å². The minimum Gasteiger partial charge on any atom is -0.353 e. The van der Waals surface area contributed by atoms with Crippen LogP contribution in [0.2, 0.25) is 0 Å². The summed E-state index contributed by atoms with van der Waals surface area (Å²) in [4.78, 5) is 23.3. The SMILES string of the molecule is CC(Br)C(=O)NCCNC(=O)N(C)C. The summed E-state index contributed by atoms with van der Waals surface area (Å²) in [5.41, 5.74) is 0. The van der Waals surface area contributed by atoms with Crippen LogP contribution in [0.3, 0.4) is 0 Å². The van der Waals surface area contributed by atoms with Crippen LogP contribution in [-0.2, 0) is 4.79 Å². The maximum atomic E-state index is 11.0. The molecule has 0 saturated heterocycles. The van der Waals surface area contributed by atoms with E-state index in [4.69, 9.17) is 0 Å². The van der Waals surface area contributed by atoms with Crippen molar-refractivity contribution in [2.75, 3.05) is 27.2 Å². The zero-order chi connectivity index (χ0) is 11.1. The zero-order valence-electron chi connectivity index (χ0n) is 8.63. The Hall–Kier alpha value is -0.780. The number of hydrogen-bond donors (Lipinski definition) is 2. The highest BCUT2D eigenvalue weighted by Crippen LogP contribution is 1.95. The number of rotatable bonds is 4. The van der Waals surface area contributed by atoms with Crippen LogP contribution in [0.4, 0.5) is 4.79 Å². The average molecular weight is 266 g/mol. The molecule has 0 spiro atoms. The fourth-order valence-corrected chi connectivity index (χ4v) is 0.816. The van der Waals surface area contributed by atoms with Crippen LogP contribution in [0.5, 0.6) is 0 Å². The Kier molecular flexibility index (Phi) is 6.27. The number of urea groups is 1.